The minimum Gasteiger partial charge on any atom is -0.354 e. The Morgan fingerprint density at radius 2 is 2.00 bits per heavy atom. The SMILES string of the molecule is O=C(NCCN1C(=O)S/C(=C\c2ccccc2F)C1=O)C1CCCN(C(=O)c2cccs2)C1. The number of nitrogens with one attached hydrogen (secondary N) is 1. The first kappa shape index (κ1) is 23.2. The number of carbonyl (C=O) groups is 4. The van der Waals surface area contributed by atoms with E-state index in [4.69, 9.17) is 0 Å². The molecule has 1 aromatic heterocycles. The number of rotatable bonds is 6. The number of carbonyl (C=O) groups excluding carboxylic acids is 4. The van der Waals surface area contributed by atoms with Crippen molar-refractivity contribution < 1.29 is 23.6 Å². The lowest BCUT2D eigenvalue weighted by atomic mass is 9.97. The van der Waals surface area contributed by atoms with Gasteiger partial charge in [-0.05, 0) is 48.2 Å². The maximum Gasteiger partial charge on any atom is 0.293 e. The van der Waals surface area contributed by atoms with Crippen LogP contribution >= 0.6 is 23.1 Å². The van der Waals surface area contributed by atoms with Crippen molar-refractivity contribution in [3.8, 4) is 0 Å². The molecular formula is C23H22FN3O4S2. The number of hydrogen-bond donors (Lipinski definition) is 1. The van der Waals surface area contributed by atoms with Crippen LogP contribution in [0, 0.1) is 11.7 Å². The standard InChI is InChI=1S/C23H22FN3O4S2/c24-17-7-2-1-5-15(17)13-19-22(30)27(23(31)33-19)11-9-25-20(28)16-6-3-10-26(14-16)21(29)18-8-4-12-32-18/h1-2,4-5,7-8,12-13,16H,3,6,9-11,14H2,(H,25,28)/b19-13-. The van der Waals surface area contributed by atoms with E-state index in [9.17, 15) is 23.6 Å². The van der Waals surface area contributed by atoms with Gasteiger partial charge in [0.2, 0.25) is 5.91 Å². The summed E-state index contributed by atoms with van der Waals surface area (Å²) < 4.78 is 13.9. The fourth-order valence-corrected chi connectivity index (χ4v) is 5.34. The van der Waals surface area contributed by atoms with Gasteiger partial charge in [0.05, 0.1) is 15.7 Å². The summed E-state index contributed by atoms with van der Waals surface area (Å²) in [6.45, 7) is 1.09. The zero-order valence-electron chi connectivity index (χ0n) is 17.7. The minimum atomic E-state index is -0.507. The molecule has 3 heterocycles. The van der Waals surface area contributed by atoms with Gasteiger partial charge in [0.25, 0.3) is 17.1 Å². The van der Waals surface area contributed by atoms with Crippen molar-refractivity contribution in [3.05, 3.63) is 62.9 Å². The van der Waals surface area contributed by atoms with Crippen LogP contribution in [0.2, 0.25) is 0 Å². The molecule has 4 amide bonds. The van der Waals surface area contributed by atoms with E-state index in [2.05, 4.69) is 5.32 Å². The smallest absolute Gasteiger partial charge is 0.293 e. The van der Waals surface area contributed by atoms with Crippen LogP contribution in [0.4, 0.5) is 9.18 Å². The zero-order valence-corrected chi connectivity index (χ0v) is 19.3. The fraction of sp³-hybridized carbons (Fsp3) is 0.304. The first-order chi connectivity index (χ1) is 15.9. The molecular weight excluding hydrogens is 465 g/mol. The second-order valence-electron chi connectivity index (χ2n) is 7.71. The molecule has 10 heteroatoms. The first-order valence-electron chi connectivity index (χ1n) is 10.5. The summed E-state index contributed by atoms with van der Waals surface area (Å²) in [7, 11) is 0. The Labute approximate surface area is 198 Å². The Morgan fingerprint density at radius 1 is 1.18 bits per heavy atom. The van der Waals surface area contributed by atoms with Gasteiger partial charge in [-0.2, -0.15) is 0 Å². The fourth-order valence-electron chi connectivity index (χ4n) is 3.79. The van der Waals surface area contributed by atoms with Crippen LogP contribution in [0.25, 0.3) is 6.08 Å². The van der Waals surface area contributed by atoms with E-state index < -0.39 is 17.0 Å². The van der Waals surface area contributed by atoms with Crippen LogP contribution in [0.1, 0.15) is 28.1 Å². The lowest BCUT2D eigenvalue weighted by Crippen LogP contribution is -2.46. The van der Waals surface area contributed by atoms with Crippen molar-refractivity contribution in [1.29, 1.82) is 0 Å². The van der Waals surface area contributed by atoms with Crippen LogP contribution in [0.15, 0.2) is 46.7 Å². The molecule has 2 aliphatic rings. The van der Waals surface area contributed by atoms with Gasteiger partial charge in [-0.25, -0.2) is 4.39 Å². The van der Waals surface area contributed by atoms with Crippen molar-refractivity contribution in [3.63, 3.8) is 0 Å². The number of hydrogen-bond acceptors (Lipinski definition) is 6. The number of amides is 4. The number of thioether (sulfide) groups is 1. The third kappa shape index (κ3) is 5.33. The first-order valence-corrected chi connectivity index (χ1v) is 12.2. The molecule has 1 N–H and O–H groups in total. The van der Waals surface area contributed by atoms with Crippen LogP contribution in [0.5, 0.6) is 0 Å². The summed E-state index contributed by atoms with van der Waals surface area (Å²) in [5.74, 6) is -1.59. The van der Waals surface area contributed by atoms with Crippen LogP contribution < -0.4 is 5.32 Å². The van der Waals surface area contributed by atoms with Gasteiger partial charge in [0.1, 0.15) is 5.82 Å². The van der Waals surface area contributed by atoms with E-state index in [1.54, 1.807) is 23.1 Å². The molecule has 2 saturated heterocycles. The molecule has 2 fully saturated rings. The quantitative estimate of drug-likeness (QED) is 0.630. The predicted molar refractivity (Wildman–Crippen MR) is 125 cm³/mol. The molecule has 7 nitrogen and oxygen atoms in total. The maximum absolute atomic E-state index is 13.9. The van der Waals surface area contributed by atoms with Gasteiger partial charge in [0, 0.05) is 31.7 Å². The number of likely N-dealkylation sites (tertiary alicyclic amines) is 1. The van der Waals surface area contributed by atoms with Gasteiger partial charge in [-0.1, -0.05) is 24.3 Å². The van der Waals surface area contributed by atoms with E-state index in [0.717, 1.165) is 23.1 Å². The summed E-state index contributed by atoms with van der Waals surface area (Å²) in [5.41, 5.74) is 0.232. The highest BCUT2D eigenvalue weighted by molar-refractivity contribution is 8.18. The Bertz CT molecular complexity index is 1100. The summed E-state index contributed by atoms with van der Waals surface area (Å²) in [5, 5.41) is 4.17. The number of benzene rings is 1. The highest BCUT2D eigenvalue weighted by Crippen LogP contribution is 2.32. The summed E-state index contributed by atoms with van der Waals surface area (Å²) in [6.07, 6.45) is 2.77. The Balaban J connectivity index is 1.29. The van der Waals surface area contributed by atoms with Crippen molar-refractivity contribution in [2.75, 3.05) is 26.2 Å². The van der Waals surface area contributed by atoms with Gasteiger partial charge in [-0.15, -0.1) is 11.3 Å². The molecule has 172 valence electrons. The van der Waals surface area contributed by atoms with E-state index in [1.807, 2.05) is 11.4 Å². The topological polar surface area (TPSA) is 86.8 Å². The molecule has 1 unspecified atom stereocenters. The number of nitrogens with zero attached hydrogens (tertiary/aromatic N) is 2. The molecule has 1 aromatic carbocycles. The molecule has 0 aliphatic carbocycles. The second kappa shape index (κ2) is 10.3. The maximum atomic E-state index is 13.9. The Hall–Kier alpha value is -2.98. The zero-order chi connectivity index (χ0) is 23.4. The highest BCUT2D eigenvalue weighted by Gasteiger charge is 2.35. The van der Waals surface area contributed by atoms with Crippen molar-refractivity contribution in [2.45, 2.75) is 12.8 Å². The number of halogens is 1. The molecule has 1 atom stereocenters. The number of thiophene rings is 1. The normalized spacial score (nSPS) is 19.9. The lowest BCUT2D eigenvalue weighted by Gasteiger charge is -2.31. The van der Waals surface area contributed by atoms with Gasteiger partial charge < -0.3 is 10.2 Å². The van der Waals surface area contributed by atoms with Gasteiger partial charge in [-0.3, -0.25) is 24.1 Å². The molecule has 0 radical (unpaired) electrons. The van der Waals surface area contributed by atoms with Crippen LogP contribution in [0.3, 0.4) is 0 Å². The van der Waals surface area contributed by atoms with Crippen LogP contribution in [-0.4, -0.2) is 58.9 Å². The van der Waals surface area contributed by atoms with Gasteiger partial charge in [0.15, 0.2) is 0 Å². The minimum absolute atomic E-state index is 0.0234. The predicted octanol–water partition coefficient (Wildman–Crippen LogP) is 3.59. The molecule has 0 spiro atoms. The molecule has 4 rings (SSSR count). The third-order valence-corrected chi connectivity index (χ3v) is 7.28. The lowest BCUT2D eigenvalue weighted by molar-refractivity contribution is -0.127. The van der Waals surface area contributed by atoms with Crippen molar-refractivity contribution in [1.82, 2.24) is 15.1 Å². The van der Waals surface area contributed by atoms with E-state index in [0.29, 0.717) is 24.4 Å². The average Bonchev–Trinajstić information content (AvgIpc) is 3.44. The number of piperidine rings is 1. The van der Waals surface area contributed by atoms with Crippen molar-refractivity contribution >= 4 is 52.1 Å². The summed E-state index contributed by atoms with van der Waals surface area (Å²) in [4.78, 5) is 53.6. The van der Waals surface area contributed by atoms with E-state index >= 15 is 0 Å². The average molecular weight is 488 g/mol. The molecule has 33 heavy (non-hydrogen) atoms. The van der Waals surface area contributed by atoms with Crippen LogP contribution in [-0.2, 0) is 9.59 Å². The Kier molecular flexibility index (Phi) is 7.24. The third-order valence-electron chi connectivity index (χ3n) is 5.51. The molecule has 2 aromatic rings. The highest BCUT2D eigenvalue weighted by atomic mass is 32.2. The molecule has 0 saturated carbocycles. The number of imide groups is 1. The van der Waals surface area contributed by atoms with Crippen molar-refractivity contribution in [2.24, 2.45) is 5.92 Å². The largest absolute Gasteiger partial charge is 0.354 e. The summed E-state index contributed by atoms with van der Waals surface area (Å²) in [6, 6.07) is 9.60. The Morgan fingerprint density at radius 3 is 2.76 bits per heavy atom. The van der Waals surface area contributed by atoms with E-state index in [-0.39, 0.29) is 41.3 Å². The van der Waals surface area contributed by atoms with Gasteiger partial charge >= 0.3 is 0 Å². The van der Waals surface area contributed by atoms with E-state index in [1.165, 1.54) is 29.5 Å². The summed E-state index contributed by atoms with van der Waals surface area (Å²) >= 11 is 2.13. The molecule has 0 bridgehead atoms. The molecule has 2 aliphatic heterocycles. The second-order valence-corrected chi connectivity index (χ2v) is 9.65. The monoisotopic (exact) mass is 487 g/mol.